The van der Waals surface area contributed by atoms with Crippen molar-refractivity contribution in [1.29, 1.82) is 0 Å². The molecule has 2 bridgehead atoms. The van der Waals surface area contributed by atoms with Gasteiger partial charge in [-0.25, -0.2) is 0 Å². The van der Waals surface area contributed by atoms with Crippen molar-refractivity contribution < 1.29 is 28.8 Å². The average Bonchev–Trinajstić information content (AvgIpc) is 3.29. The number of benzene rings is 3. The van der Waals surface area contributed by atoms with Gasteiger partial charge in [0.25, 0.3) is 0 Å². The molecule has 0 radical (unpaired) electrons. The molecule has 6 heteroatoms. The Morgan fingerprint density at radius 3 is 1.69 bits per heavy atom. The summed E-state index contributed by atoms with van der Waals surface area (Å²) in [6.45, 7) is 1.47. The molecule has 3 aromatic carbocycles. The van der Waals surface area contributed by atoms with Crippen LogP contribution in [0.15, 0.2) is 91.0 Å². The predicted octanol–water partition coefficient (Wildman–Crippen LogP) is 4.25. The first-order valence-electron chi connectivity index (χ1n) is 12.2. The molecule has 184 valence electrons. The minimum Gasteiger partial charge on any atom is -0.396 e. The highest BCUT2D eigenvalue weighted by atomic mass is 16.8. The third-order valence-electron chi connectivity index (χ3n) is 6.57. The third kappa shape index (κ3) is 5.64. The van der Waals surface area contributed by atoms with Crippen LogP contribution in [-0.2, 0) is 43.5 Å². The zero-order valence-corrected chi connectivity index (χ0v) is 19.7. The summed E-state index contributed by atoms with van der Waals surface area (Å²) in [6.07, 6.45) is -1.45. The van der Waals surface area contributed by atoms with Gasteiger partial charge in [-0.05, 0) is 16.7 Å². The molecule has 2 aliphatic heterocycles. The molecule has 0 unspecified atom stereocenters. The first-order chi connectivity index (χ1) is 17.3. The van der Waals surface area contributed by atoms with Gasteiger partial charge in [-0.1, -0.05) is 91.0 Å². The van der Waals surface area contributed by atoms with Crippen LogP contribution in [0.3, 0.4) is 0 Å². The van der Waals surface area contributed by atoms with Gasteiger partial charge in [0.05, 0.1) is 26.4 Å². The quantitative estimate of drug-likeness (QED) is 0.446. The Morgan fingerprint density at radius 2 is 1.17 bits per heavy atom. The molecule has 0 amide bonds. The summed E-state index contributed by atoms with van der Waals surface area (Å²) in [6, 6.07) is 30.1. The largest absolute Gasteiger partial charge is 0.396 e. The Hall–Kier alpha value is -2.58. The molecule has 2 aliphatic rings. The first kappa shape index (κ1) is 24.1. The van der Waals surface area contributed by atoms with E-state index in [1.807, 2.05) is 91.0 Å². The minimum absolute atomic E-state index is 0.0845. The molecule has 1 N–H and O–H groups in total. The number of hydrogen-bond donors (Lipinski definition) is 1. The van der Waals surface area contributed by atoms with Crippen LogP contribution in [0.5, 0.6) is 0 Å². The van der Waals surface area contributed by atoms with E-state index < -0.39 is 24.1 Å². The predicted molar refractivity (Wildman–Crippen MR) is 130 cm³/mol. The second-order valence-corrected chi connectivity index (χ2v) is 8.99. The zero-order valence-electron chi connectivity index (χ0n) is 19.7. The van der Waals surface area contributed by atoms with Gasteiger partial charge in [0.2, 0.25) is 0 Å². The SMILES string of the molecule is OCC[C@@]12OC[C@@H](O1)[C@@H](OCc1ccccc1)[C@H](OCc1ccccc1)[C@@H]2OCc1ccccc1. The lowest BCUT2D eigenvalue weighted by atomic mass is 9.92. The number of rotatable bonds is 11. The van der Waals surface area contributed by atoms with Crippen molar-refractivity contribution in [2.75, 3.05) is 13.2 Å². The lowest BCUT2D eigenvalue weighted by molar-refractivity contribution is -0.324. The lowest BCUT2D eigenvalue weighted by Gasteiger charge is -2.46. The van der Waals surface area contributed by atoms with Gasteiger partial charge >= 0.3 is 0 Å². The molecule has 0 spiro atoms. The maximum atomic E-state index is 9.86. The summed E-state index contributed by atoms with van der Waals surface area (Å²) in [7, 11) is 0. The standard InChI is InChI=1S/C29H32O6/c30-17-16-29-28(33-20-24-14-8-3-9-15-24)27(32-19-23-12-6-2-7-13-23)26(25(35-29)21-34-29)31-18-22-10-4-1-5-11-22/h1-15,25-28,30H,16-21H2/t25-,26-,27+,28+,29-/m1/s1. The average molecular weight is 477 g/mol. The van der Waals surface area contributed by atoms with E-state index >= 15 is 0 Å². The number of hydrogen-bond acceptors (Lipinski definition) is 6. The summed E-state index contributed by atoms with van der Waals surface area (Å²) < 4.78 is 32.0. The maximum Gasteiger partial charge on any atom is 0.200 e. The fourth-order valence-corrected chi connectivity index (χ4v) is 4.82. The molecule has 35 heavy (non-hydrogen) atoms. The summed E-state index contributed by atoms with van der Waals surface area (Å²) in [5, 5.41) is 9.86. The van der Waals surface area contributed by atoms with Gasteiger partial charge in [0.1, 0.15) is 24.4 Å². The Morgan fingerprint density at radius 1 is 0.686 bits per heavy atom. The highest BCUT2D eigenvalue weighted by Gasteiger charge is 2.61. The topological polar surface area (TPSA) is 66.4 Å². The van der Waals surface area contributed by atoms with Crippen molar-refractivity contribution in [2.24, 2.45) is 0 Å². The fraction of sp³-hybridized carbons (Fsp3) is 0.379. The molecular formula is C29H32O6. The van der Waals surface area contributed by atoms with E-state index in [1.54, 1.807) is 0 Å². The molecule has 0 saturated carbocycles. The zero-order chi connectivity index (χ0) is 23.9. The summed E-state index contributed by atoms with van der Waals surface area (Å²) in [5.41, 5.74) is 3.17. The van der Waals surface area contributed by atoms with Crippen LogP contribution >= 0.6 is 0 Å². The number of ether oxygens (including phenoxy) is 5. The van der Waals surface area contributed by atoms with Crippen LogP contribution in [0.1, 0.15) is 23.1 Å². The van der Waals surface area contributed by atoms with Gasteiger partial charge in [-0.15, -0.1) is 0 Å². The van der Waals surface area contributed by atoms with Crippen molar-refractivity contribution in [2.45, 2.75) is 56.4 Å². The molecule has 2 saturated heterocycles. The van der Waals surface area contributed by atoms with E-state index in [2.05, 4.69) is 0 Å². The highest BCUT2D eigenvalue weighted by molar-refractivity contribution is 5.16. The molecular weight excluding hydrogens is 444 g/mol. The molecule has 0 aliphatic carbocycles. The second kappa shape index (κ2) is 11.4. The van der Waals surface area contributed by atoms with Gasteiger partial charge in [-0.3, -0.25) is 0 Å². The summed E-state index contributed by atoms with van der Waals surface area (Å²) in [5.74, 6) is -1.08. The van der Waals surface area contributed by atoms with Crippen molar-refractivity contribution in [3.63, 3.8) is 0 Å². The number of aliphatic hydroxyl groups excluding tert-OH is 1. The normalized spacial score (nSPS) is 27.7. The van der Waals surface area contributed by atoms with Crippen LogP contribution in [0.4, 0.5) is 0 Å². The van der Waals surface area contributed by atoms with E-state index in [-0.39, 0.29) is 12.7 Å². The Bertz CT molecular complexity index is 1030. The van der Waals surface area contributed by atoms with E-state index in [4.69, 9.17) is 23.7 Å². The molecule has 6 nitrogen and oxygen atoms in total. The van der Waals surface area contributed by atoms with Crippen LogP contribution < -0.4 is 0 Å². The van der Waals surface area contributed by atoms with Gasteiger partial charge in [0.15, 0.2) is 5.79 Å². The van der Waals surface area contributed by atoms with E-state index in [0.29, 0.717) is 32.8 Å². The lowest BCUT2D eigenvalue weighted by Crippen LogP contribution is -2.63. The van der Waals surface area contributed by atoms with Crippen LogP contribution in [0.2, 0.25) is 0 Å². The first-order valence-corrected chi connectivity index (χ1v) is 12.2. The van der Waals surface area contributed by atoms with Gasteiger partial charge < -0.3 is 28.8 Å². The van der Waals surface area contributed by atoms with E-state index in [0.717, 1.165) is 16.7 Å². The van der Waals surface area contributed by atoms with Crippen molar-refractivity contribution in [3.8, 4) is 0 Å². The van der Waals surface area contributed by atoms with Crippen molar-refractivity contribution >= 4 is 0 Å². The number of fused-ring (bicyclic) bond motifs is 2. The van der Waals surface area contributed by atoms with E-state index in [9.17, 15) is 5.11 Å². The summed E-state index contributed by atoms with van der Waals surface area (Å²) >= 11 is 0. The minimum atomic E-state index is -1.08. The van der Waals surface area contributed by atoms with E-state index in [1.165, 1.54) is 0 Å². The third-order valence-corrected chi connectivity index (χ3v) is 6.57. The monoisotopic (exact) mass is 476 g/mol. The van der Waals surface area contributed by atoms with Crippen molar-refractivity contribution in [3.05, 3.63) is 108 Å². The second-order valence-electron chi connectivity index (χ2n) is 8.99. The Labute approximate surface area is 206 Å². The van der Waals surface area contributed by atoms with Crippen LogP contribution in [0, 0.1) is 0 Å². The summed E-state index contributed by atoms with van der Waals surface area (Å²) in [4.78, 5) is 0. The fourth-order valence-electron chi connectivity index (χ4n) is 4.82. The highest BCUT2D eigenvalue weighted by Crippen LogP contribution is 2.44. The van der Waals surface area contributed by atoms with Crippen molar-refractivity contribution in [1.82, 2.24) is 0 Å². The molecule has 0 aromatic heterocycles. The smallest absolute Gasteiger partial charge is 0.200 e. The Kier molecular flexibility index (Phi) is 7.88. The molecule has 2 fully saturated rings. The molecule has 5 rings (SSSR count). The van der Waals surface area contributed by atoms with Gasteiger partial charge in [-0.2, -0.15) is 0 Å². The molecule has 2 heterocycles. The maximum absolute atomic E-state index is 9.86. The molecule has 5 atom stereocenters. The van der Waals surface area contributed by atoms with Gasteiger partial charge in [0, 0.05) is 13.0 Å². The van der Waals surface area contributed by atoms with Crippen LogP contribution in [-0.4, -0.2) is 48.5 Å². The molecule has 3 aromatic rings. The van der Waals surface area contributed by atoms with Crippen LogP contribution in [0.25, 0.3) is 0 Å². The number of aliphatic hydroxyl groups is 1. The Balaban J connectivity index is 1.41.